The second-order valence-corrected chi connectivity index (χ2v) is 10.2. The third-order valence-corrected chi connectivity index (χ3v) is 7.80. The van der Waals surface area contributed by atoms with Crippen LogP contribution in [0.5, 0.6) is 5.75 Å². The minimum absolute atomic E-state index is 0.135. The fourth-order valence-electron chi connectivity index (χ4n) is 3.10. The van der Waals surface area contributed by atoms with E-state index in [9.17, 15) is 13.2 Å². The SMILES string of the molecule is Cc1ccc(S(=O)(=O)N(C)C)cc1NC(=O)c1cc2c(s1)-c1ccccc1OC2. The minimum atomic E-state index is -3.58. The minimum Gasteiger partial charge on any atom is -0.488 e. The average molecular weight is 429 g/mol. The average Bonchev–Trinajstić information content (AvgIpc) is 3.14. The largest absolute Gasteiger partial charge is 0.488 e. The molecule has 0 unspecified atom stereocenters. The summed E-state index contributed by atoms with van der Waals surface area (Å²) >= 11 is 1.41. The van der Waals surface area contributed by atoms with E-state index >= 15 is 0 Å². The number of hydrogen-bond acceptors (Lipinski definition) is 5. The van der Waals surface area contributed by atoms with E-state index in [1.54, 1.807) is 12.1 Å². The maximum atomic E-state index is 12.9. The number of thiophene rings is 1. The van der Waals surface area contributed by atoms with Crippen LogP contribution >= 0.6 is 11.3 Å². The Hall–Kier alpha value is -2.68. The van der Waals surface area contributed by atoms with E-state index in [-0.39, 0.29) is 10.8 Å². The molecule has 0 fully saturated rings. The lowest BCUT2D eigenvalue weighted by Crippen LogP contribution is -2.22. The van der Waals surface area contributed by atoms with Crippen LogP contribution in [0.2, 0.25) is 0 Å². The summed E-state index contributed by atoms with van der Waals surface area (Å²) in [5.41, 5.74) is 3.21. The highest BCUT2D eigenvalue weighted by molar-refractivity contribution is 7.89. The number of benzene rings is 2. The maximum Gasteiger partial charge on any atom is 0.265 e. The molecule has 1 aliphatic rings. The topological polar surface area (TPSA) is 75.7 Å². The van der Waals surface area contributed by atoms with Gasteiger partial charge in [0.15, 0.2) is 0 Å². The van der Waals surface area contributed by atoms with E-state index in [1.165, 1.54) is 31.5 Å². The summed E-state index contributed by atoms with van der Waals surface area (Å²) in [6, 6.07) is 14.3. The highest BCUT2D eigenvalue weighted by atomic mass is 32.2. The first kappa shape index (κ1) is 19.6. The highest BCUT2D eigenvalue weighted by Crippen LogP contribution is 2.42. The van der Waals surface area contributed by atoms with Gasteiger partial charge in [0.2, 0.25) is 10.0 Å². The lowest BCUT2D eigenvalue weighted by atomic mass is 10.1. The number of aryl methyl sites for hydroxylation is 1. The number of sulfonamides is 1. The molecule has 3 aromatic rings. The van der Waals surface area contributed by atoms with Crippen LogP contribution in [0.25, 0.3) is 10.4 Å². The highest BCUT2D eigenvalue weighted by Gasteiger charge is 2.23. The number of carbonyl (C=O) groups is 1. The van der Waals surface area contributed by atoms with Gasteiger partial charge >= 0.3 is 0 Å². The molecule has 0 bridgehead atoms. The third-order valence-electron chi connectivity index (χ3n) is 4.78. The summed E-state index contributed by atoms with van der Waals surface area (Å²) in [7, 11) is -0.633. The summed E-state index contributed by atoms with van der Waals surface area (Å²) in [5.74, 6) is 0.538. The van der Waals surface area contributed by atoms with Gasteiger partial charge in [-0.3, -0.25) is 4.79 Å². The predicted molar refractivity (Wildman–Crippen MR) is 114 cm³/mol. The quantitative estimate of drug-likeness (QED) is 0.678. The molecule has 1 aliphatic heterocycles. The summed E-state index contributed by atoms with van der Waals surface area (Å²) in [6.07, 6.45) is 0. The van der Waals surface area contributed by atoms with Gasteiger partial charge in [0.05, 0.1) is 9.77 Å². The zero-order chi connectivity index (χ0) is 20.8. The van der Waals surface area contributed by atoms with E-state index < -0.39 is 10.0 Å². The monoisotopic (exact) mass is 428 g/mol. The van der Waals surface area contributed by atoms with E-state index in [2.05, 4.69) is 5.32 Å². The number of nitrogens with one attached hydrogen (secondary N) is 1. The Bertz CT molecular complexity index is 1210. The predicted octanol–water partition coefficient (Wildman–Crippen LogP) is 4.12. The number of carbonyl (C=O) groups excluding carboxylic acids is 1. The molecule has 1 aromatic heterocycles. The van der Waals surface area contributed by atoms with E-state index in [4.69, 9.17) is 4.74 Å². The van der Waals surface area contributed by atoms with Crippen LogP contribution in [0.15, 0.2) is 53.4 Å². The standard InChI is InChI=1S/C21H20N2O4S2/c1-13-8-9-15(29(25,26)23(2)3)11-17(13)22-21(24)19-10-14-12-27-18-7-5-4-6-16(18)20(14)28-19/h4-11H,12H2,1-3H3,(H,22,24). The van der Waals surface area contributed by atoms with Gasteiger partial charge < -0.3 is 10.1 Å². The zero-order valence-electron chi connectivity index (χ0n) is 16.2. The number of fused-ring (bicyclic) bond motifs is 3. The van der Waals surface area contributed by atoms with Gasteiger partial charge in [-0.15, -0.1) is 11.3 Å². The van der Waals surface area contributed by atoms with Crippen molar-refractivity contribution in [3.8, 4) is 16.2 Å². The number of amides is 1. The first-order valence-corrected chi connectivity index (χ1v) is 11.2. The first-order chi connectivity index (χ1) is 13.8. The molecule has 0 aliphatic carbocycles. The van der Waals surface area contributed by atoms with E-state index in [1.807, 2.05) is 37.3 Å². The second-order valence-electron chi connectivity index (χ2n) is 6.97. The van der Waals surface area contributed by atoms with Crippen molar-refractivity contribution in [2.45, 2.75) is 18.4 Å². The molecule has 2 heterocycles. The number of nitrogens with zero attached hydrogens (tertiary/aromatic N) is 1. The van der Waals surface area contributed by atoms with Crippen LogP contribution < -0.4 is 10.1 Å². The van der Waals surface area contributed by atoms with Gasteiger partial charge in [-0.1, -0.05) is 18.2 Å². The summed E-state index contributed by atoms with van der Waals surface area (Å²) in [4.78, 5) is 14.6. The molecule has 1 amide bonds. The second kappa shape index (κ2) is 7.29. The van der Waals surface area contributed by atoms with Crippen molar-refractivity contribution in [2.75, 3.05) is 19.4 Å². The molecular weight excluding hydrogens is 408 g/mol. The molecular formula is C21H20N2O4S2. The molecule has 1 N–H and O–H groups in total. The van der Waals surface area contributed by atoms with Gasteiger partial charge in [0.25, 0.3) is 5.91 Å². The van der Waals surface area contributed by atoms with Crippen molar-refractivity contribution in [1.82, 2.24) is 4.31 Å². The molecule has 8 heteroatoms. The Kier molecular flexibility index (Phi) is 4.94. The molecule has 0 atom stereocenters. The Morgan fingerprint density at radius 2 is 1.90 bits per heavy atom. The van der Waals surface area contributed by atoms with Gasteiger partial charge in [-0.2, -0.15) is 0 Å². The number of hydrogen-bond donors (Lipinski definition) is 1. The first-order valence-electron chi connectivity index (χ1n) is 8.97. The van der Waals surface area contributed by atoms with Crippen LogP contribution in [0.4, 0.5) is 5.69 Å². The van der Waals surface area contributed by atoms with Crippen LogP contribution in [0.3, 0.4) is 0 Å². The Labute approximate surface area is 173 Å². The number of para-hydroxylation sites is 1. The molecule has 4 rings (SSSR count). The molecule has 0 radical (unpaired) electrons. The molecule has 150 valence electrons. The summed E-state index contributed by atoms with van der Waals surface area (Å²) in [6.45, 7) is 2.25. The number of ether oxygens (including phenoxy) is 1. The normalized spacial score (nSPS) is 12.8. The van der Waals surface area contributed by atoms with Crippen molar-refractivity contribution in [2.24, 2.45) is 0 Å². The van der Waals surface area contributed by atoms with Gasteiger partial charge in [-0.25, -0.2) is 12.7 Å². The van der Waals surface area contributed by atoms with Crippen molar-refractivity contribution in [3.05, 3.63) is 64.5 Å². The van der Waals surface area contributed by atoms with Crippen molar-refractivity contribution in [1.29, 1.82) is 0 Å². The zero-order valence-corrected chi connectivity index (χ0v) is 17.9. The van der Waals surface area contributed by atoms with Gasteiger partial charge in [0.1, 0.15) is 12.4 Å². The van der Waals surface area contributed by atoms with Gasteiger partial charge in [0, 0.05) is 35.8 Å². The van der Waals surface area contributed by atoms with Crippen molar-refractivity contribution >= 4 is 33.0 Å². The molecule has 0 saturated carbocycles. The maximum absolute atomic E-state index is 12.9. The van der Waals surface area contributed by atoms with Crippen LogP contribution in [-0.2, 0) is 16.6 Å². The fourth-order valence-corrected chi connectivity index (χ4v) is 5.12. The molecule has 0 saturated heterocycles. The Balaban J connectivity index is 1.64. The lowest BCUT2D eigenvalue weighted by Gasteiger charge is -2.16. The van der Waals surface area contributed by atoms with Crippen molar-refractivity contribution < 1.29 is 17.9 Å². The lowest BCUT2D eigenvalue weighted by molar-refractivity contribution is 0.103. The molecule has 29 heavy (non-hydrogen) atoms. The molecule has 2 aromatic carbocycles. The van der Waals surface area contributed by atoms with Gasteiger partial charge in [-0.05, 0) is 42.8 Å². The van der Waals surface area contributed by atoms with Crippen LogP contribution in [-0.4, -0.2) is 32.7 Å². The van der Waals surface area contributed by atoms with Crippen LogP contribution in [0, 0.1) is 6.92 Å². The number of rotatable bonds is 4. The van der Waals surface area contributed by atoms with Crippen molar-refractivity contribution in [3.63, 3.8) is 0 Å². The number of anilines is 1. The Morgan fingerprint density at radius 3 is 2.66 bits per heavy atom. The smallest absolute Gasteiger partial charge is 0.265 e. The van der Waals surface area contributed by atoms with E-state index in [0.717, 1.165) is 31.6 Å². The van der Waals surface area contributed by atoms with Crippen LogP contribution in [0.1, 0.15) is 20.8 Å². The van der Waals surface area contributed by atoms with E-state index in [0.29, 0.717) is 17.2 Å². The summed E-state index contributed by atoms with van der Waals surface area (Å²) < 4.78 is 31.7. The Morgan fingerprint density at radius 1 is 1.14 bits per heavy atom. The summed E-state index contributed by atoms with van der Waals surface area (Å²) in [5, 5.41) is 2.86. The molecule has 0 spiro atoms. The third kappa shape index (κ3) is 3.55. The fraction of sp³-hybridized carbons (Fsp3) is 0.190. The molecule has 6 nitrogen and oxygen atoms in total.